The molecule has 0 aliphatic heterocycles. The van der Waals surface area contributed by atoms with Crippen LogP contribution in [0.3, 0.4) is 0 Å². The van der Waals surface area contributed by atoms with Crippen LogP contribution in [0.5, 0.6) is 0 Å². The summed E-state index contributed by atoms with van der Waals surface area (Å²) in [7, 11) is 0. The fraction of sp³-hybridized carbons (Fsp3) is 0.438. The van der Waals surface area contributed by atoms with Gasteiger partial charge in [-0.2, -0.15) is 0 Å². The molecule has 0 amide bonds. The summed E-state index contributed by atoms with van der Waals surface area (Å²) >= 11 is 0. The van der Waals surface area contributed by atoms with Gasteiger partial charge in [0, 0.05) is 6.42 Å². The second-order valence-electron chi connectivity index (χ2n) is 4.71. The van der Waals surface area contributed by atoms with Gasteiger partial charge in [0.2, 0.25) is 0 Å². The Labute approximate surface area is 109 Å². The molecular weight excluding hydrogens is 224 g/mol. The Morgan fingerprint density at radius 2 is 1.94 bits per heavy atom. The normalized spacial score (nSPS) is 14.6. The number of hydrogen-bond donors (Lipinski definition) is 1. The molecule has 1 N–H and O–H groups in total. The van der Waals surface area contributed by atoms with Crippen LogP contribution in [0.2, 0.25) is 0 Å². The predicted octanol–water partition coefficient (Wildman–Crippen LogP) is 3.15. The molecular formula is C16H22O2. The Morgan fingerprint density at radius 3 is 2.61 bits per heavy atom. The molecule has 18 heavy (non-hydrogen) atoms. The van der Waals surface area contributed by atoms with Gasteiger partial charge in [-0.15, -0.1) is 0 Å². The van der Waals surface area contributed by atoms with E-state index in [2.05, 4.69) is 12.1 Å². The van der Waals surface area contributed by atoms with Gasteiger partial charge in [0.1, 0.15) is 6.29 Å². The molecule has 2 nitrogen and oxygen atoms in total. The topological polar surface area (TPSA) is 37.3 Å². The van der Waals surface area contributed by atoms with Crippen molar-refractivity contribution in [2.45, 2.75) is 38.7 Å². The summed E-state index contributed by atoms with van der Waals surface area (Å²) in [6.45, 7) is 1.97. The SMILES string of the molecule is C[C@@H](/C=C/C(O)CCCc1ccccc1)CC=O. The molecule has 0 aromatic heterocycles. The maximum absolute atomic E-state index is 10.3. The average Bonchev–Trinajstić information content (AvgIpc) is 2.38. The third-order valence-corrected chi connectivity index (χ3v) is 2.94. The third-order valence-electron chi connectivity index (χ3n) is 2.94. The zero-order chi connectivity index (χ0) is 13.2. The fourth-order valence-corrected chi connectivity index (χ4v) is 1.80. The van der Waals surface area contributed by atoms with E-state index in [1.807, 2.05) is 31.2 Å². The molecule has 2 atom stereocenters. The zero-order valence-electron chi connectivity index (χ0n) is 11.0. The number of aliphatic hydroxyl groups is 1. The van der Waals surface area contributed by atoms with Gasteiger partial charge < -0.3 is 9.90 Å². The predicted molar refractivity (Wildman–Crippen MR) is 74.4 cm³/mol. The lowest BCUT2D eigenvalue weighted by molar-refractivity contribution is -0.108. The lowest BCUT2D eigenvalue weighted by atomic mass is 10.0. The van der Waals surface area contributed by atoms with Gasteiger partial charge in [0.05, 0.1) is 6.10 Å². The summed E-state index contributed by atoms with van der Waals surface area (Å²) in [6.07, 6.45) is 7.49. The standard InChI is InChI=1S/C16H22O2/c1-14(12-13-17)10-11-16(18)9-5-8-15-6-3-2-4-7-15/h2-4,6-7,10-11,13-14,16,18H,5,8-9,12H2,1H3/b11-10+/t14-,16?/m0/s1. The first-order valence-corrected chi connectivity index (χ1v) is 6.56. The summed E-state index contributed by atoms with van der Waals surface area (Å²) < 4.78 is 0. The van der Waals surface area contributed by atoms with Gasteiger partial charge in [-0.3, -0.25) is 0 Å². The molecule has 1 unspecified atom stereocenters. The Balaban J connectivity index is 2.21. The molecule has 0 fully saturated rings. The van der Waals surface area contributed by atoms with E-state index in [1.165, 1.54) is 5.56 Å². The monoisotopic (exact) mass is 246 g/mol. The van der Waals surface area contributed by atoms with Crippen LogP contribution in [-0.2, 0) is 11.2 Å². The number of aldehydes is 1. The number of aryl methyl sites for hydroxylation is 1. The van der Waals surface area contributed by atoms with E-state index in [0.717, 1.165) is 25.5 Å². The second kappa shape index (κ2) is 8.65. The molecule has 0 heterocycles. The van der Waals surface area contributed by atoms with E-state index in [9.17, 15) is 9.90 Å². The molecule has 2 heteroatoms. The number of carbonyl (C=O) groups is 1. The number of carbonyl (C=O) groups excluding carboxylic acids is 1. The highest BCUT2D eigenvalue weighted by Crippen LogP contribution is 2.09. The maximum atomic E-state index is 10.3. The molecule has 1 aromatic rings. The largest absolute Gasteiger partial charge is 0.389 e. The fourth-order valence-electron chi connectivity index (χ4n) is 1.80. The van der Waals surface area contributed by atoms with Crippen molar-refractivity contribution in [3.05, 3.63) is 48.0 Å². The Morgan fingerprint density at radius 1 is 1.22 bits per heavy atom. The highest BCUT2D eigenvalue weighted by molar-refractivity contribution is 5.50. The van der Waals surface area contributed by atoms with Crippen LogP contribution in [0.15, 0.2) is 42.5 Å². The summed E-state index contributed by atoms with van der Waals surface area (Å²) in [5.74, 6) is 0.214. The molecule has 0 aliphatic carbocycles. The van der Waals surface area contributed by atoms with Gasteiger partial charge in [0.25, 0.3) is 0 Å². The van der Waals surface area contributed by atoms with Crippen LogP contribution in [0.4, 0.5) is 0 Å². The van der Waals surface area contributed by atoms with Crippen molar-refractivity contribution in [2.75, 3.05) is 0 Å². The summed E-state index contributed by atoms with van der Waals surface area (Å²) in [5.41, 5.74) is 1.31. The number of aliphatic hydroxyl groups excluding tert-OH is 1. The van der Waals surface area contributed by atoms with Crippen LogP contribution < -0.4 is 0 Å². The molecule has 1 aromatic carbocycles. The van der Waals surface area contributed by atoms with Crippen molar-refractivity contribution in [3.8, 4) is 0 Å². The molecule has 0 spiro atoms. The molecule has 98 valence electrons. The highest BCUT2D eigenvalue weighted by atomic mass is 16.3. The molecule has 1 rings (SSSR count). The van der Waals surface area contributed by atoms with Crippen molar-refractivity contribution in [1.29, 1.82) is 0 Å². The van der Waals surface area contributed by atoms with Gasteiger partial charge in [-0.25, -0.2) is 0 Å². The number of hydrogen-bond acceptors (Lipinski definition) is 2. The molecule has 0 aliphatic rings. The first-order chi connectivity index (χ1) is 8.72. The van der Waals surface area contributed by atoms with Crippen molar-refractivity contribution in [3.63, 3.8) is 0 Å². The highest BCUT2D eigenvalue weighted by Gasteiger charge is 2.01. The van der Waals surface area contributed by atoms with E-state index in [-0.39, 0.29) is 5.92 Å². The minimum absolute atomic E-state index is 0.214. The first-order valence-electron chi connectivity index (χ1n) is 6.56. The Kier molecular flexibility index (Phi) is 7.04. The van der Waals surface area contributed by atoms with Gasteiger partial charge >= 0.3 is 0 Å². The van der Waals surface area contributed by atoms with E-state index >= 15 is 0 Å². The lowest BCUT2D eigenvalue weighted by Gasteiger charge is -2.07. The van der Waals surface area contributed by atoms with Crippen LogP contribution in [0.25, 0.3) is 0 Å². The lowest BCUT2D eigenvalue weighted by Crippen LogP contribution is -2.03. The number of rotatable bonds is 8. The van der Waals surface area contributed by atoms with Gasteiger partial charge in [0.15, 0.2) is 0 Å². The van der Waals surface area contributed by atoms with Crippen molar-refractivity contribution in [2.24, 2.45) is 5.92 Å². The van der Waals surface area contributed by atoms with Gasteiger partial charge in [-0.05, 0) is 30.7 Å². The maximum Gasteiger partial charge on any atom is 0.120 e. The minimum atomic E-state index is -0.400. The molecule has 0 saturated carbocycles. The number of benzene rings is 1. The van der Waals surface area contributed by atoms with Crippen LogP contribution >= 0.6 is 0 Å². The number of allylic oxidation sites excluding steroid dienone is 1. The van der Waals surface area contributed by atoms with Crippen LogP contribution in [-0.4, -0.2) is 17.5 Å². The minimum Gasteiger partial charge on any atom is -0.389 e. The Bertz CT molecular complexity index is 357. The smallest absolute Gasteiger partial charge is 0.120 e. The third kappa shape index (κ3) is 6.36. The summed E-state index contributed by atoms with van der Waals surface area (Å²) in [5, 5.41) is 9.77. The van der Waals surface area contributed by atoms with E-state index in [0.29, 0.717) is 6.42 Å². The summed E-state index contributed by atoms with van der Waals surface area (Å²) in [6, 6.07) is 10.3. The molecule has 0 bridgehead atoms. The van der Waals surface area contributed by atoms with E-state index in [1.54, 1.807) is 6.08 Å². The molecule has 0 saturated heterocycles. The van der Waals surface area contributed by atoms with Crippen molar-refractivity contribution in [1.82, 2.24) is 0 Å². The molecule has 0 radical (unpaired) electrons. The van der Waals surface area contributed by atoms with Crippen molar-refractivity contribution >= 4 is 6.29 Å². The first kappa shape index (κ1) is 14.7. The average molecular weight is 246 g/mol. The van der Waals surface area contributed by atoms with Crippen LogP contribution in [0.1, 0.15) is 31.7 Å². The summed E-state index contributed by atoms with van der Waals surface area (Å²) in [4.78, 5) is 10.3. The van der Waals surface area contributed by atoms with Crippen LogP contribution in [0, 0.1) is 5.92 Å². The van der Waals surface area contributed by atoms with E-state index in [4.69, 9.17) is 0 Å². The quantitative estimate of drug-likeness (QED) is 0.565. The zero-order valence-corrected chi connectivity index (χ0v) is 11.0. The Hall–Kier alpha value is -1.41. The van der Waals surface area contributed by atoms with E-state index < -0.39 is 6.10 Å². The van der Waals surface area contributed by atoms with Crippen molar-refractivity contribution < 1.29 is 9.90 Å². The second-order valence-corrected chi connectivity index (χ2v) is 4.71. The van der Waals surface area contributed by atoms with Gasteiger partial charge in [-0.1, -0.05) is 49.4 Å².